The molecule has 0 bridgehead atoms. The normalized spacial score (nSPS) is 10.4. The van der Waals surface area contributed by atoms with E-state index in [1.807, 2.05) is 24.3 Å². The smallest absolute Gasteiger partial charge is 0.343 e. The molecule has 0 saturated carbocycles. The summed E-state index contributed by atoms with van der Waals surface area (Å²) in [6.45, 7) is 3.34. The predicted octanol–water partition coefficient (Wildman–Crippen LogP) is 3.86. The van der Waals surface area contributed by atoms with Crippen LogP contribution in [0.4, 0.5) is 23.3 Å². The number of nitro groups is 1. The van der Waals surface area contributed by atoms with Gasteiger partial charge in [0.1, 0.15) is 23.4 Å². The minimum atomic E-state index is -0.508. The molecule has 0 amide bonds. The Morgan fingerprint density at radius 3 is 2.64 bits per heavy atom. The largest absolute Gasteiger partial charge is 0.462 e. The number of benzene rings is 1. The van der Waals surface area contributed by atoms with Crippen molar-refractivity contribution in [1.29, 1.82) is 0 Å². The van der Waals surface area contributed by atoms with Crippen LogP contribution in [0.1, 0.15) is 22.8 Å². The summed E-state index contributed by atoms with van der Waals surface area (Å²) in [5.74, 6) is 0.693. The molecule has 2 aromatic heterocycles. The fourth-order valence-electron chi connectivity index (χ4n) is 2.76. The van der Waals surface area contributed by atoms with Crippen molar-refractivity contribution in [1.82, 2.24) is 15.0 Å². The lowest BCUT2D eigenvalue weighted by Crippen LogP contribution is -2.18. The summed E-state index contributed by atoms with van der Waals surface area (Å²) in [6.07, 6.45) is 2.61. The summed E-state index contributed by atoms with van der Waals surface area (Å²) in [4.78, 5) is 35.1. The third-order valence-electron chi connectivity index (χ3n) is 4.31. The zero-order valence-electron chi connectivity index (χ0n) is 17.7. The first-order chi connectivity index (χ1) is 16.0. The van der Waals surface area contributed by atoms with E-state index in [9.17, 15) is 14.9 Å². The second-order valence-electron chi connectivity index (χ2n) is 6.67. The third-order valence-corrected chi connectivity index (χ3v) is 4.80. The van der Waals surface area contributed by atoms with Gasteiger partial charge in [-0.2, -0.15) is 4.98 Å². The molecule has 3 rings (SSSR count). The summed E-state index contributed by atoms with van der Waals surface area (Å²) in [5, 5.41) is 20.0. The molecule has 0 spiro atoms. The molecule has 0 radical (unpaired) electrons. The zero-order valence-corrected chi connectivity index (χ0v) is 19.3. The van der Waals surface area contributed by atoms with Crippen LogP contribution in [0.3, 0.4) is 0 Å². The van der Waals surface area contributed by atoms with Gasteiger partial charge >= 0.3 is 5.97 Å². The molecular weight excluding hydrogens is 494 g/mol. The lowest BCUT2D eigenvalue weighted by Gasteiger charge is -2.13. The molecule has 11 nitrogen and oxygen atoms in total. The molecule has 2 heterocycles. The molecule has 0 fully saturated rings. The van der Waals surface area contributed by atoms with E-state index in [4.69, 9.17) is 4.74 Å². The second-order valence-corrected chi connectivity index (χ2v) is 7.59. The number of rotatable bonds is 11. The van der Waals surface area contributed by atoms with E-state index in [0.29, 0.717) is 37.2 Å². The average Bonchev–Trinajstić information content (AvgIpc) is 2.81. The fraction of sp³-hybridized carbons (Fsp3) is 0.238. The molecule has 3 N–H and O–H groups in total. The molecule has 0 unspecified atom stereocenters. The molecule has 1 aromatic carbocycles. The number of carbonyl (C=O) groups excluding carboxylic acids is 1. The third kappa shape index (κ3) is 7.10. The van der Waals surface area contributed by atoms with Gasteiger partial charge in [0.15, 0.2) is 0 Å². The highest BCUT2D eigenvalue weighted by Crippen LogP contribution is 2.18. The summed E-state index contributed by atoms with van der Waals surface area (Å²) in [6, 6.07) is 10.7. The van der Waals surface area contributed by atoms with E-state index in [1.165, 1.54) is 24.5 Å². The van der Waals surface area contributed by atoms with Gasteiger partial charge < -0.3 is 20.7 Å². The molecule has 0 atom stereocenters. The Kier molecular flexibility index (Phi) is 8.47. The van der Waals surface area contributed by atoms with Crippen molar-refractivity contribution in [3.8, 4) is 0 Å². The minimum Gasteiger partial charge on any atom is -0.462 e. The average molecular weight is 516 g/mol. The Balaban J connectivity index is 1.62. The number of nitrogens with zero attached hydrogens (tertiary/aromatic N) is 4. The van der Waals surface area contributed by atoms with E-state index in [-0.39, 0.29) is 17.9 Å². The number of aromatic nitrogens is 3. The van der Waals surface area contributed by atoms with Gasteiger partial charge in [-0.15, -0.1) is 0 Å². The molecule has 12 heteroatoms. The number of nitrogens with one attached hydrogen (secondary N) is 3. The number of esters is 1. The predicted molar refractivity (Wildman–Crippen MR) is 127 cm³/mol. The second kappa shape index (κ2) is 11.7. The highest BCUT2D eigenvalue weighted by atomic mass is 79.9. The fourth-order valence-corrected chi connectivity index (χ4v) is 3.20. The topological polar surface area (TPSA) is 144 Å². The first-order valence-electron chi connectivity index (χ1n) is 10.1. The number of ether oxygens (including phenoxy) is 1. The maximum Gasteiger partial charge on any atom is 0.343 e. The van der Waals surface area contributed by atoms with Crippen molar-refractivity contribution in [3.05, 3.63) is 74.5 Å². The van der Waals surface area contributed by atoms with Crippen molar-refractivity contribution < 1.29 is 14.5 Å². The van der Waals surface area contributed by atoms with Gasteiger partial charge in [0.2, 0.25) is 5.95 Å². The number of halogens is 1. The first kappa shape index (κ1) is 23.9. The minimum absolute atomic E-state index is 0.0725. The standard InChI is InChI=1S/C21H22BrN7O4/c1-2-33-20(30)17-13-27-21(28-19(17)26-11-14-4-3-5-15(22)10-14)24-9-8-23-18-7-6-16(12-25-18)29(31)32/h3-7,10,12-13H,2,8-9,11H2,1H3,(H,23,25)(H2,24,26,27,28). The number of hydrogen-bond acceptors (Lipinski definition) is 10. The van der Waals surface area contributed by atoms with E-state index in [1.54, 1.807) is 6.92 Å². The van der Waals surface area contributed by atoms with Crippen LogP contribution in [0.25, 0.3) is 0 Å². The zero-order chi connectivity index (χ0) is 23.6. The molecule has 33 heavy (non-hydrogen) atoms. The van der Waals surface area contributed by atoms with Gasteiger partial charge in [-0.1, -0.05) is 28.1 Å². The van der Waals surface area contributed by atoms with Crippen LogP contribution in [0.5, 0.6) is 0 Å². The van der Waals surface area contributed by atoms with E-state index in [0.717, 1.165) is 10.0 Å². The monoisotopic (exact) mass is 515 g/mol. The van der Waals surface area contributed by atoms with Crippen molar-refractivity contribution in [3.63, 3.8) is 0 Å². The summed E-state index contributed by atoms with van der Waals surface area (Å²) < 4.78 is 6.06. The van der Waals surface area contributed by atoms with E-state index in [2.05, 4.69) is 46.8 Å². The number of carbonyl (C=O) groups is 1. The van der Waals surface area contributed by atoms with Gasteiger partial charge in [0, 0.05) is 36.4 Å². The molecule has 0 aliphatic heterocycles. The van der Waals surface area contributed by atoms with Gasteiger partial charge in [0.05, 0.1) is 11.5 Å². The highest BCUT2D eigenvalue weighted by molar-refractivity contribution is 9.10. The molecule has 172 valence electrons. The number of hydrogen-bond donors (Lipinski definition) is 3. The van der Waals surface area contributed by atoms with Crippen LogP contribution < -0.4 is 16.0 Å². The number of pyridine rings is 1. The van der Waals surface area contributed by atoms with Crippen molar-refractivity contribution >= 4 is 45.2 Å². The Morgan fingerprint density at radius 1 is 1.12 bits per heavy atom. The molecule has 0 aliphatic rings. The molecule has 0 aliphatic carbocycles. The molecule has 3 aromatic rings. The molecular formula is C21H22BrN7O4. The van der Waals surface area contributed by atoms with Crippen LogP contribution in [0, 0.1) is 10.1 Å². The van der Waals surface area contributed by atoms with Crippen molar-refractivity contribution in [2.75, 3.05) is 35.6 Å². The quantitative estimate of drug-likeness (QED) is 0.149. The van der Waals surface area contributed by atoms with Crippen LogP contribution >= 0.6 is 15.9 Å². The van der Waals surface area contributed by atoms with E-state index < -0.39 is 10.9 Å². The highest BCUT2D eigenvalue weighted by Gasteiger charge is 2.16. The Labute approximate surface area is 198 Å². The van der Waals surface area contributed by atoms with Crippen LogP contribution in [-0.2, 0) is 11.3 Å². The maximum absolute atomic E-state index is 12.3. The van der Waals surface area contributed by atoms with Crippen LogP contribution in [-0.4, -0.2) is 45.5 Å². The lowest BCUT2D eigenvalue weighted by atomic mass is 10.2. The number of anilines is 3. The van der Waals surface area contributed by atoms with Crippen LogP contribution in [0.15, 0.2) is 53.3 Å². The summed E-state index contributed by atoms with van der Waals surface area (Å²) >= 11 is 3.44. The van der Waals surface area contributed by atoms with E-state index >= 15 is 0 Å². The van der Waals surface area contributed by atoms with Crippen molar-refractivity contribution in [2.45, 2.75) is 13.5 Å². The van der Waals surface area contributed by atoms with Crippen LogP contribution in [0.2, 0.25) is 0 Å². The van der Waals surface area contributed by atoms with Gasteiger partial charge in [-0.05, 0) is 30.7 Å². The molecule has 0 saturated heterocycles. The Hall–Kier alpha value is -3.80. The van der Waals surface area contributed by atoms with Gasteiger partial charge in [-0.25, -0.2) is 14.8 Å². The van der Waals surface area contributed by atoms with Gasteiger partial charge in [0.25, 0.3) is 5.69 Å². The summed E-state index contributed by atoms with van der Waals surface area (Å²) in [7, 11) is 0. The maximum atomic E-state index is 12.3. The Bertz CT molecular complexity index is 1110. The SMILES string of the molecule is CCOC(=O)c1cnc(NCCNc2ccc([N+](=O)[O-])cn2)nc1NCc1cccc(Br)c1. The van der Waals surface area contributed by atoms with Crippen molar-refractivity contribution in [2.24, 2.45) is 0 Å². The van der Waals surface area contributed by atoms with Gasteiger partial charge in [-0.3, -0.25) is 10.1 Å². The first-order valence-corrected chi connectivity index (χ1v) is 10.9. The summed E-state index contributed by atoms with van der Waals surface area (Å²) in [5.41, 5.74) is 1.18. The Morgan fingerprint density at radius 2 is 1.94 bits per heavy atom. The lowest BCUT2D eigenvalue weighted by molar-refractivity contribution is -0.385.